The lowest BCUT2D eigenvalue weighted by Crippen LogP contribution is -2.49. The van der Waals surface area contributed by atoms with E-state index in [1.165, 1.54) is 0 Å². The van der Waals surface area contributed by atoms with Gasteiger partial charge in [-0.1, -0.05) is 53.5 Å². The lowest BCUT2D eigenvalue weighted by molar-refractivity contribution is -0.135. The first-order valence-electron chi connectivity index (χ1n) is 10.6. The summed E-state index contributed by atoms with van der Waals surface area (Å²) < 4.78 is 7.48. The van der Waals surface area contributed by atoms with E-state index in [4.69, 9.17) is 45.3 Å². The molecule has 8 nitrogen and oxygen atoms in total. The predicted octanol–water partition coefficient (Wildman–Crippen LogP) is 4.03. The Bertz CT molecular complexity index is 1350. The molecule has 1 aromatic heterocycles. The van der Waals surface area contributed by atoms with E-state index in [9.17, 15) is 9.59 Å². The molecular formula is C24H19Cl2N5O3. The molecule has 1 saturated heterocycles. The van der Waals surface area contributed by atoms with Crippen molar-refractivity contribution in [2.45, 2.75) is 25.0 Å². The molecule has 2 aliphatic rings. The largest absolute Gasteiger partial charge is 0.377 e. The van der Waals surface area contributed by atoms with Crippen LogP contribution in [0.4, 0.5) is 5.69 Å². The number of aromatic nitrogens is 2. The van der Waals surface area contributed by atoms with Crippen molar-refractivity contribution < 1.29 is 14.3 Å². The molecule has 0 aliphatic carbocycles. The van der Waals surface area contributed by atoms with Crippen LogP contribution in [0.15, 0.2) is 42.5 Å². The smallest absolute Gasteiger partial charge is 0.252 e. The maximum Gasteiger partial charge on any atom is 0.252 e. The van der Waals surface area contributed by atoms with Gasteiger partial charge < -0.3 is 15.4 Å². The molecule has 10 heteroatoms. The Kier molecular flexibility index (Phi) is 5.78. The molecule has 2 aliphatic heterocycles. The summed E-state index contributed by atoms with van der Waals surface area (Å²) in [5.41, 5.74) is 8.94. The van der Waals surface area contributed by atoms with Crippen LogP contribution in [0.3, 0.4) is 0 Å². The molecule has 0 spiro atoms. The van der Waals surface area contributed by atoms with Gasteiger partial charge >= 0.3 is 0 Å². The maximum atomic E-state index is 13.3. The summed E-state index contributed by atoms with van der Waals surface area (Å²) in [5.74, 6) is -0.739. The second-order valence-corrected chi connectivity index (χ2v) is 9.07. The molecule has 0 saturated carbocycles. The van der Waals surface area contributed by atoms with Crippen molar-refractivity contribution in [3.05, 3.63) is 80.7 Å². The van der Waals surface area contributed by atoms with Gasteiger partial charge in [0.2, 0.25) is 5.91 Å². The number of ether oxygens (including phenoxy) is 1. The Labute approximate surface area is 205 Å². The van der Waals surface area contributed by atoms with Gasteiger partial charge in [-0.05, 0) is 17.7 Å². The molecule has 1 fully saturated rings. The van der Waals surface area contributed by atoms with Crippen molar-refractivity contribution >= 4 is 40.7 Å². The number of rotatable bonds is 4. The Morgan fingerprint density at radius 2 is 1.85 bits per heavy atom. The topological polar surface area (TPSA) is 94.8 Å². The van der Waals surface area contributed by atoms with E-state index in [-0.39, 0.29) is 36.5 Å². The van der Waals surface area contributed by atoms with Gasteiger partial charge in [0.15, 0.2) is 5.69 Å². The number of primary amides is 1. The van der Waals surface area contributed by atoms with E-state index in [0.717, 1.165) is 5.56 Å². The van der Waals surface area contributed by atoms with Crippen molar-refractivity contribution in [3.63, 3.8) is 0 Å². The number of halogens is 2. The third-order valence-corrected chi connectivity index (χ3v) is 6.99. The Hall–Kier alpha value is -3.38. The summed E-state index contributed by atoms with van der Waals surface area (Å²) in [4.78, 5) is 31.0. The zero-order valence-electron chi connectivity index (χ0n) is 17.9. The van der Waals surface area contributed by atoms with Crippen LogP contribution in [0.1, 0.15) is 27.7 Å². The molecule has 2 aromatic carbocycles. The summed E-state index contributed by atoms with van der Waals surface area (Å²) in [6, 6.07) is 11.5. The number of fused-ring (bicyclic) bond motifs is 3. The van der Waals surface area contributed by atoms with Crippen molar-refractivity contribution in [1.29, 1.82) is 0 Å². The fourth-order valence-electron chi connectivity index (χ4n) is 4.58. The Morgan fingerprint density at radius 1 is 1.12 bits per heavy atom. The first-order valence-corrected chi connectivity index (χ1v) is 11.3. The van der Waals surface area contributed by atoms with Crippen LogP contribution >= 0.6 is 23.2 Å². The molecule has 5 rings (SSSR count). The first-order chi connectivity index (χ1) is 16.4. The minimum absolute atomic E-state index is 0.102. The molecule has 172 valence electrons. The molecule has 2 amide bonds. The number of hydrogen-bond donors (Lipinski definition) is 1. The lowest BCUT2D eigenvalue weighted by Gasteiger charge is -2.37. The van der Waals surface area contributed by atoms with E-state index in [0.29, 0.717) is 45.9 Å². The second kappa shape index (κ2) is 8.76. The van der Waals surface area contributed by atoms with Gasteiger partial charge in [0.25, 0.3) is 5.91 Å². The third kappa shape index (κ3) is 3.82. The summed E-state index contributed by atoms with van der Waals surface area (Å²) in [6.45, 7) is 8.00. The lowest BCUT2D eigenvalue weighted by atomic mass is 10.0. The van der Waals surface area contributed by atoms with Crippen LogP contribution in [0.5, 0.6) is 0 Å². The number of hydrogen-bond acceptors (Lipinski definition) is 4. The van der Waals surface area contributed by atoms with E-state index >= 15 is 0 Å². The monoisotopic (exact) mass is 495 g/mol. The summed E-state index contributed by atoms with van der Waals surface area (Å²) in [5, 5.41) is 5.45. The van der Waals surface area contributed by atoms with E-state index in [2.05, 4.69) is 4.85 Å². The summed E-state index contributed by atoms with van der Waals surface area (Å²) in [7, 11) is 0. The van der Waals surface area contributed by atoms with E-state index in [1.807, 2.05) is 0 Å². The molecule has 2 atom stereocenters. The number of amides is 2. The SMILES string of the molecule is [C-]#[N+]c1ccc(CC(=O)N2Cc3c(C(N)=O)c(-c4ccc(Cl)c(Cl)c4)nn3[C@H]3COC[C@H]32)cc1. The third-order valence-electron chi connectivity index (χ3n) is 6.25. The van der Waals surface area contributed by atoms with Gasteiger partial charge in [0.1, 0.15) is 5.69 Å². The highest BCUT2D eigenvalue weighted by molar-refractivity contribution is 6.42. The molecular weight excluding hydrogens is 477 g/mol. The summed E-state index contributed by atoms with van der Waals surface area (Å²) in [6.07, 6.45) is 0.168. The quantitative estimate of drug-likeness (QED) is 0.552. The molecule has 34 heavy (non-hydrogen) atoms. The number of nitrogens with zero attached hydrogens (tertiary/aromatic N) is 4. The molecule has 0 bridgehead atoms. The first kappa shape index (κ1) is 22.4. The fourth-order valence-corrected chi connectivity index (χ4v) is 4.88. The molecule has 3 aromatic rings. The van der Waals surface area contributed by atoms with Gasteiger partial charge in [0.05, 0.1) is 66.1 Å². The molecule has 3 heterocycles. The fraction of sp³-hybridized carbons (Fsp3) is 0.250. The molecule has 2 N–H and O–H groups in total. The molecule has 0 unspecified atom stereocenters. The Morgan fingerprint density at radius 3 is 2.53 bits per heavy atom. The van der Waals surface area contributed by atoms with Gasteiger partial charge in [-0.2, -0.15) is 5.10 Å². The number of carbonyl (C=O) groups excluding carboxylic acids is 2. The Balaban J connectivity index is 1.53. The van der Waals surface area contributed by atoms with Crippen LogP contribution in [0.25, 0.3) is 16.1 Å². The minimum atomic E-state index is -0.637. The zero-order valence-corrected chi connectivity index (χ0v) is 19.4. The normalized spacial score (nSPS) is 18.8. The van der Waals surface area contributed by atoms with Gasteiger partial charge in [-0.15, -0.1) is 0 Å². The van der Waals surface area contributed by atoms with Crippen LogP contribution in [-0.2, 0) is 22.5 Å². The highest BCUT2D eigenvalue weighted by atomic mass is 35.5. The van der Waals surface area contributed by atoms with Crippen molar-refractivity contribution in [3.8, 4) is 11.3 Å². The van der Waals surface area contributed by atoms with Crippen molar-refractivity contribution in [1.82, 2.24) is 14.7 Å². The standard InChI is InChI=1S/C24H19Cl2N5O3/c1-28-15-5-2-13(3-6-15)8-21(32)30-10-18-22(24(27)33)23(14-4-7-16(25)17(26)9-14)29-31(18)20-12-34-11-19(20)30/h2-7,9,19-20H,8,10-12H2,(H2,27,33)/t19-,20+/m1/s1. The molecule has 0 radical (unpaired) electrons. The van der Waals surface area contributed by atoms with Crippen molar-refractivity contribution in [2.75, 3.05) is 13.2 Å². The predicted molar refractivity (Wildman–Crippen MR) is 127 cm³/mol. The zero-order chi connectivity index (χ0) is 24.0. The second-order valence-electron chi connectivity index (χ2n) is 8.26. The summed E-state index contributed by atoms with van der Waals surface area (Å²) >= 11 is 12.3. The van der Waals surface area contributed by atoms with E-state index < -0.39 is 5.91 Å². The highest BCUT2D eigenvalue weighted by Gasteiger charge is 2.44. The number of nitrogens with two attached hydrogens (primary N) is 1. The number of benzene rings is 2. The van der Waals surface area contributed by atoms with Gasteiger partial charge in [-0.3, -0.25) is 14.3 Å². The van der Waals surface area contributed by atoms with Crippen LogP contribution < -0.4 is 5.73 Å². The average Bonchev–Trinajstić information content (AvgIpc) is 3.45. The number of carbonyl (C=O) groups is 2. The van der Waals surface area contributed by atoms with Crippen LogP contribution in [0, 0.1) is 6.57 Å². The van der Waals surface area contributed by atoms with Crippen molar-refractivity contribution in [2.24, 2.45) is 5.73 Å². The maximum absolute atomic E-state index is 13.3. The van der Waals surface area contributed by atoms with Gasteiger partial charge in [0, 0.05) is 5.56 Å². The highest BCUT2D eigenvalue weighted by Crippen LogP contribution is 2.38. The van der Waals surface area contributed by atoms with Crippen LogP contribution in [0.2, 0.25) is 10.0 Å². The van der Waals surface area contributed by atoms with Crippen LogP contribution in [-0.4, -0.2) is 45.8 Å². The average molecular weight is 496 g/mol. The minimum Gasteiger partial charge on any atom is -0.377 e. The van der Waals surface area contributed by atoms with Gasteiger partial charge in [-0.25, -0.2) is 4.85 Å². The van der Waals surface area contributed by atoms with E-state index in [1.54, 1.807) is 52.0 Å².